The summed E-state index contributed by atoms with van der Waals surface area (Å²) in [4.78, 5) is 0.645. The van der Waals surface area contributed by atoms with Crippen molar-refractivity contribution in [1.82, 2.24) is 0 Å². The average molecular weight is 263 g/mol. The number of nitriles is 1. The third-order valence-electron chi connectivity index (χ3n) is 3.58. The van der Waals surface area contributed by atoms with E-state index in [-0.39, 0.29) is 0 Å². The molecule has 1 atom stereocenters. The first-order valence-electron chi connectivity index (χ1n) is 6.47. The highest BCUT2D eigenvalue weighted by Crippen LogP contribution is 2.50. The largest absolute Gasteiger partial charge is 0.397 e. The molecule has 0 amide bonds. The Bertz CT molecular complexity index is 481. The van der Waals surface area contributed by atoms with Crippen LogP contribution in [0, 0.1) is 11.3 Å². The molecular formula is C13H17N3OS. The molecule has 0 bridgehead atoms. The topological polar surface area (TPSA) is 71.1 Å². The molecule has 1 saturated heterocycles. The summed E-state index contributed by atoms with van der Waals surface area (Å²) in [7, 11) is 0. The minimum Gasteiger partial charge on any atom is -0.397 e. The Balaban J connectivity index is 1.75. The van der Waals surface area contributed by atoms with E-state index < -0.39 is 0 Å². The van der Waals surface area contributed by atoms with Gasteiger partial charge in [-0.15, -0.1) is 11.3 Å². The van der Waals surface area contributed by atoms with Gasteiger partial charge < -0.3 is 15.8 Å². The molecule has 1 aromatic rings. The molecular weight excluding hydrogens is 246 g/mol. The van der Waals surface area contributed by atoms with E-state index in [1.54, 1.807) is 0 Å². The molecule has 2 fully saturated rings. The molecule has 18 heavy (non-hydrogen) atoms. The van der Waals surface area contributed by atoms with E-state index in [9.17, 15) is 0 Å². The van der Waals surface area contributed by atoms with E-state index in [2.05, 4.69) is 11.4 Å². The SMILES string of the molecule is N#Cc1sc(NCC2CCCO2)c(C2CC2)c1N. The van der Waals surface area contributed by atoms with Crippen LogP contribution in [0.3, 0.4) is 0 Å². The van der Waals surface area contributed by atoms with E-state index >= 15 is 0 Å². The van der Waals surface area contributed by atoms with E-state index in [1.165, 1.54) is 29.7 Å². The molecule has 0 spiro atoms. The van der Waals surface area contributed by atoms with Gasteiger partial charge in [0.05, 0.1) is 16.8 Å². The highest BCUT2D eigenvalue weighted by Gasteiger charge is 2.31. The second kappa shape index (κ2) is 4.79. The smallest absolute Gasteiger partial charge is 0.130 e. The zero-order valence-electron chi connectivity index (χ0n) is 10.2. The summed E-state index contributed by atoms with van der Waals surface area (Å²) in [6.45, 7) is 1.70. The minimum absolute atomic E-state index is 0.311. The summed E-state index contributed by atoms with van der Waals surface area (Å²) in [6, 6.07) is 2.19. The fourth-order valence-electron chi connectivity index (χ4n) is 2.46. The third-order valence-corrected chi connectivity index (χ3v) is 4.67. The van der Waals surface area contributed by atoms with Crippen LogP contribution >= 0.6 is 11.3 Å². The van der Waals surface area contributed by atoms with Gasteiger partial charge in [-0.3, -0.25) is 0 Å². The van der Waals surface area contributed by atoms with Gasteiger partial charge in [-0.2, -0.15) is 5.26 Å². The normalized spacial score (nSPS) is 22.9. The Morgan fingerprint density at radius 3 is 2.89 bits per heavy atom. The summed E-state index contributed by atoms with van der Waals surface area (Å²) in [5, 5.41) is 13.6. The monoisotopic (exact) mass is 263 g/mol. The number of nitrogens with two attached hydrogens (primary N) is 1. The van der Waals surface area contributed by atoms with Gasteiger partial charge in [-0.05, 0) is 31.6 Å². The summed E-state index contributed by atoms with van der Waals surface area (Å²) >= 11 is 1.49. The van der Waals surface area contributed by atoms with Crippen molar-refractivity contribution in [2.24, 2.45) is 0 Å². The minimum atomic E-state index is 0.311. The maximum Gasteiger partial charge on any atom is 0.130 e. The Morgan fingerprint density at radius 2 is 2.28 bits per heavy atom. The summed E-state index contributed by atoms with van der Waals surface area (Å²) in [6.07, 6.45) is 4.97. The van der Waals surface area contributed by atoms with Crippen molar-refractivity contribution in [3.63, 3.8) is 0 Å². The number of nitrogens with zero attached hydrogens (tertiary/aromatic N) is 1. The second-order valence-corrected chi connectivity index (χ2v) is 6.01. The predicted molar refractivity (Wildman–Crippen MR) is 72.9 cm³/mol. The average Bonchev–Trinajstić information content (AvgIpc) is 2.97. The van der Waals surface area contributed by atoms with Gasteiger partial charge in [0.2, 0.25) is 0 Å². The van der Waals surface area contributed by atoms with Crippen molar-refractivity contribution in [2.45, 2.75) is 37.7 Å². The number of nitrogen functional groups attached to an aromatic ring is 1. The highest BCUT2D eigenvalue weighted by atomic mass is 32.1. The van der Waals surface area contributed by atoms with Crippen LogP contribution in [0.25, 0.3) is 0 Å². The van der Waals surface area contributed by atoms with Crippen LogP contribution in [-0.2, 0) is 4.74 Å². The van der Waals surface area contributed by atoms with E-state index in [4.69, 9.17) is 15.7 Å². The molecule has 1 aliphatic carbocycles. The Hall–Kier alpha value is -1.25. The molecule has 3 rings (SSSR count). The molecule has 3 N–H and O–H groups in total. The maximum absolute atomic E-state index is 9.07. The first kappa shape index (κ1) is 11.8. The van der Waals surface area contributed by atoms with Crippen molar-refractivity contribution >= 4 is 22.0 Å². The van der Waals surface area contributed by atoms with Gasteiger partial charge in [0.15, 0.2) is 0 Å². The molecule has 2 heterocycles. The van der Waals surface area contributed by atoms with Crippen LogP contribution in [0.2, 0.25) is 0 Å². The van der Waals surface area contributed by atoms with E-state index in [1.807, 2.05) is 0 Å². The van der Waals surface area contributed by atoms with Crippen LogP contribution in [0.4, 0.5) is 10.7 Å². The van der Waals surface area contributed by atoms with Gasteiger partial charge in [0, 0.05) is 18.7 Å². The number of hydrogen-bond donors (Lipinski definition) is 2. The molecule has 1 saturated carbocycles. The van der Waals surface area contributed by atoms with Gasteiger partial charge in [0.1, 0.15) is 10.9 Å². The number of anilines is 2. The molecule has 2 aliphatic rings. The molecule has 1 aliphatic heterocycles. The maximum atomic E-state index is 9.07. The fraction of sp³-hybridized carbons (Fsp3) is 0.615. The number of thiophene rings is 1. The lowest BCUT2D eigenvalue weighted by Crippen LogP contribution is -2.18. The Labute approximate surface area is 111 Å². The van der Waals surface area contributed by atoms with Crippen LogP contribution in [-0.4, -0.2) is 19.3 Å². The number of rotatable bonds is 4. The molecule has 0 radical (unpaired) electrons. The van der Waals surface area contributed by atoms with Crippen molar-refractivity contribution in [3.05, 3.63) is 10.4 Å². The molecule has 96 valence electrons. The van der Waals surface area contributed by atoms with Gasteiger partial charge in [-0.25, -0.2) is 0 Å². The molecule has 0 aromatic carbocycles. The molecule has 1 unspecified atom stereocenters. The fourth-order valence-corrected chi connectivity index (χ4v) is 3.47. The first-order chi connectivity index (χ1) is 8.79. The van der Waals surface area contributed by atoms with Crippen LogP contribution < -0.4 is 11.1 Å². The van der Waals surface area contributed by atoms with Crippen molar-refractivity contribution in [2.75, 3.05) is 24.2 Å². The van der Waals surface area contributed by atoms with E-state index in [0.29, 0.717) is 22.6 Å². The van der Waals surface area contributed by atoms with Gasteiger partial charge in [-0.1, -0.05) is 0 Å². The summed E-state index contributed by atoms with van der Waals surface area (Å²) in [5.74, 6) is 0.565. The Kier molecular flexibility index (Phi) is 3.14. The first-order valence-corrected chi connectivity index (χ1v) is 7.29. The van der Waals surface area contributed by atoms with Crippen molar-refractivity contribution in [3.8, 4) is 6.07 Å². The Morgan fingerprint density at radius 1 is 1.44 bits per heavy atom. The lowest BCUT2D eigenvalue weighted by atomic mass is 10.1. The third kappa shape index (κ3) is 2.18. The second-order valence-electron chi connectivity index (χ2n) is 4.99. The molecule has 5 heteroatoms. The van der Waals surface area contributed by atoms with Crippen LogP contribution in [0.15, 0.2) is 0 Å². The van der Waals surface area contributed by atoms with Gasteiger partial charge >= 0.3 is 0 Å². The van der Waals surface area contributed by atoms with Crippen LogP contribution in [0.5, 0.6) is 0 Å². The molecule has 1 aromatic heterocycles. The quantitative estimate of drug-likeness (QED) is 0.876. The lowest BCUT2D eigenvalue weighted by Gasteiger charge is -2.12. The zero-order chi connectivity index (χ0) is 12.5. The van der Waals surface area contributed by atoms with Crippen LogP contribution in [0.1, 0.15) is 42.0 Å². The molecule has 4 nitrogen and oxygen atoms in total. The number of hydrogen-bond acceptors (Lipinski definition) is 5. The predicted octanol–water partition coefficient (Wildman–Crippen LogP) is 2.67. The zero-order valence-corrected chi connectivity index (χ0v) is 11.1. The standard InChI is InChI=1S/C13H17N3OS/c14-6-10-12(15)11(8-3-4-8)13(18-10)16-7-9-2-1-5-17-9/h8-9,16H,1-5,7,15H2. The lowest BCUT2D eigenvalue weighted by molar-refractivity contribution is 0.120. The van der Waals surface area contributed by atoms with E-state index in [0.717, 1.165) is 31.0 Å². The van der Waals surface area contributed by atoms with Crippen molar-refractivity contribution < 1.29 is 4.74 Å². The number of ether oxygens (including phenoxy) is 1. The highest BCUT2D eigenvalue weighted by molar-refractivity contribution is 7.17. The number of nitrogens with one attached hydrogen (secondary N) is 1. The summed E-state index contributed by atoms with van der Waals surface area (Å²) in [5.41, 5.74) is 7.93. The summed E-state index contributed by atoms with van der Waals surface area (Å²) < 4.78 is 5.60. The van der Waals surface area contributed by atoms with Crippen molar-refractivity contribution in [1.29, 1.82) is 5.26 Å². The van der Waals surface area contributed by atoms with Gasteiger partial charge in [0.25, 0.3) is 0 Å².